The first-order valence-electron chi connectivity index (χ1n) is 7.45. The van der Waals surface area contributed by atoms with Crippen molar-refractivity contribution < 1.29 is 14.3 Å². The van der Waals surface area contributed by atoms with Crippen LogP contribution in [0.3, 0.4) is 0 Å². The van der Waals surface area contributed by atoms with Gasteiger partial charge in [-0.25, -0.2) is 4.79 Å². The van der Waals surface area contributed by atoms with E-state index in [2.05, 4.69) is 24.1 Å². The molecule has 120 valence electrons. The molecule has 0 aliphatic rings. The first-order valence-corrected chi connectivity index (χ1v) is 7.45. The van der Waals surface area contributed by atoms with E-state index in [1.165, 1.54) is 12.4 Å². The molecule has 1 heterocycles. The third kappa shape index (κ3) is 4.39. The molecule has 1 aromatic heterocycles. The van der Waals surface area contributed by atoms with Crippen LogP contribution in [-0.2, 0) is 9.53 Å². The van der Waals surface area contributed by atoms with E-state index in [9.17, 15) is 9.59 Å². The molecule has 0 saturated heterocycles. The van der Waals surface area contributed by atoms with Crippen molar-refractivity contribution in [1.82, 2.24) is 4.98 Å². The molecule has 1 aromatic carbocycles. The Bertz CT molecular complexity index is 697. The smallest absolute Gasteiger partial charge is 0.338 e. The van der Waals surface area contributed by atoms with Crippen molar-refractivity contribution in [2.24, 2.45) is 0 Å². The second-order valence-electron chi connectivity index (χ2n) is 5.55. The SMILES string of the molecule is Cc1cccc(C(C)C)c1NC(=O)COC(=O)c1ccncc1. The van der Waals surface area contributed by atoms with E-state index in [-0.39, 0.29) is 18.4 Å². The number of ether oxygens (including phenoxy) is 1. The van der Waals surface area contributed by atoms with Crippen molar-refractivity contribution in [3.63, 3.8) is 0 Å². The van der Waals surface area contributed by atoms with Gasteiger partial charge in [-0.3, -0.25) is 9.78 Å². The van der Waals surface area contributed by atoms with Gasteiger partial charge in [-0.05, 0) is 36.1 Å². The lowest BCUT2D eigenvalue weighted by atomic mass is 9.98. The van der Waals surface area contributed by atoms with Crippen LogP contribution < -0.4 is 5.32 Å². The number of anilines is 1. The highest BCUT2D eigenvalue weighted by Crippen LogP contribution is 2.27. The summed E-state index contributed by atoms with van der Waals surface area (Å²) in [5, 5.41) is 2.84. The van der Waals surface area contributed by atoms with Crippen LogP contribution >= 0.6 is 0 Å². The van der Waals surface area contributed by atoms with Gasteiger partial charge in [0.2, 0.25) is 0 Å². The van der Waals surface area contributed by atoms with Crippen LogP contribution in [0, 0.1) is 6.92 Å². The first-order chi connectivity index (χ1) is 11.0. The highest BCUT2D eigenvalue weighted by Gasteiger charge is 2.14. The van der Waals surface area contributed by atoms with Gasteiger partial charge in [0.15, 0.2) is 6.61 Å². The minimum atomic E-state index is -0.545. The van der Waals surface area contributed by atoms with Gasteiger partial charge in [-0.15, -0.1) is 0 Å². The molecule has 0 radical (unpaired) electrons. The van der Waals surface area contributed by atoms with Gasteiger partial charge in [-0.1, -0.05) is 32.0 Å². The molecule has 2 rings (SSSR count). The number of pyridine rings is 1. The van der Waals surface area contributed by atoms with E-state index in [1.807, 2.05) is 25.1 Å². The molecular formula is C18H20N2O3. The molecule has 0 bridgehead atoms. The van der Waals surface area contributed by atoms with Crippen LogP contribution in [0.2, 0.25) is 0 Å². The number of hydrogen-bond acceptors (Lipinski definition) is 4. The van der Waals surface area contributed by atoms with Crippen molar-refractivity contribution >= 4 is 17.6 Å². The zero-order valence-corrected chi connectivity index (χ0v) is 13.5. The monoisotopic (exact) mass is 312 g/mol. The van der Waals surface area contributed by atoms with Crippen molar-refractivity contribution in [3.8, 4) is 0 Å². The average Bonchev–Trinajstić information content (AvgIpc) is 2.55. The Balaban J connectivity index is 1.99. The zero-order valence-electron chi connectivity index (χ0n) is 13.5. The number of hydrogen-bond donors (Lipinski definition) is 1. The minimum Gasteiger partial charge on any atom is -0.452 e. The van der Waals surface area contributed by atoms with Crippen molar-refractivity contribution in [2.75, 3.05) is 11.9 Å². The molecule has 1 amide bonds. The fourth-order valence-electron chi connectivity index (χ4n) is 2.22. The van der Waals surface area contributed by atoms with Gasteiger partial charge in [0, 0.05) is 18.1 Å². The average molecular weight is 312 g/mol. The molecule has 0 saturated carbocycles. The van der Waals surface area contributed by atoms with Crippen molar-refractivity contribution in [2.45, 2.75) is 26.7 Å². The third-order valence-corrected chi connectivity index (χ3v) is 3.44. The molecule has 1 N–H and O–H groups in total. The van der Waals surface area contributed by atoms with Crippen LogP contribution in [0.4, 0.5) is 5.69 Å². The molecular weight excluding hydrogens is 292 g/mol. The third-order valence-electron chi connectivity index (χ3n) is 3.44. The largest absolute Gasteiger partial charge is 0.452 e. The normalized spacial score (nSPS) is 10.4. The van der Waals surface area contributed by atoms with E-state index in [0.29, 0.717) is 5.56 Å². The maximum absolute atomic E-state index is 12.1. The molecule has 0 spiro atoms. The maximum Gasteiger partial charge on any atom is 0.338 e. The maximum atomic E-state index is 12.1. The number of nitrogens with zero attached hydrogens (tertiary/aromatic N) is 1. The van der Waals surface area contributed by atoms with E-state index in [4.69, 9.17) is 4.74 Å². The van der Waals surface area contributed by atoms with Gasteiger partial charge in [0.1, 0.15) is 0 Å². The Hall–Kier alpha value is -2.69. The standard InChI is InChI=1S/C18H20N2O3/c1-12(2)15-6-4-5-13(3)17(15)20-16(21)11-23-18(22)14-7-9-19-10-8-14/h4-10,12H,11H2,1-3H3,(H,20,21). The Kier molecular flexibility index (Phi) is 5.46. The summed E-state index contributed by atoms with van der Waals surface area (Å²) in [4.78, 5) is 27.7. The Labute approximate surface area is 135 Å². The van der Waals surface area contributed by atoms with Gasteiger partial charge in [0.25, 0.3) is 5.91 Å². The number of aromatic nitrogens is 1. The van der Waals surface area contributed by atoms with Crippen LogP contribution in [-0.4, -0.2) is 23.5 Å². The van der Waals surface area contributed by atoms with Crippen LogP contribution in [0.5, 0.6) is 0 Å². The number of carbonyl (C=O) groups excluding carboxylic acids is 2. The summed E-state index contributed by atoms with van der Waals surface area (Å²) < 4.78 is 5.02. The van der Waals surface area contributed by atoms with E-state index in [1.54, 1.807) is 12.1 Å². The number of para-hydroxylation sites is 1. The fourth-order valence-corrected chi connectivity index (χ4v) is 2.22. The predicted molar refractivity (Wildman–Crippen MR) is 88.4 cm³/mol. The number of nitrogens with one attached hydrogen (secondary N) is 1. The Morgan fingerprint density at radius 3 is 2.52 bits per heavy atom. The Morgan fingerprint density at radius 2 is 1.87 bits per heavy atom. The van der Waals surface area contributed by atoms with Crippen molar-refractivity contribution in [3.05, 3.63) is 59.4 Å². The zero-order chi connectivity index (χ0) is 16.8. The van der Waals surface area contributed by atoms with Gasteiger partial charge >= 0.3 is 5.97 Å². The first kappa shape index (κ1) is 16.7. The van der Waals surface area contributed by atoms with Crippen molar-refractivity contribution in [1.29, 1.82) is 0 Å². The van der Waals surface area contributed by atoms with Crippen LogP contribution in [0.1, 0.15) is 41.3 Å². The molecule has 2 aromatic rings. The van der Waals surface area contributed by atoms with Crippen LogP contribution in [0.25, 0.3) is 0 Å². The molecule has 0 aliphatic carbocycles. The lowest BCUT2D eigenvalue weighted by Crippen LogP contribution is -2.22. The topological polar surface area (TPSA) is 68.3 Å². The summed E-state index contributed by atoms with van der Waals surface area (Å²) in [6, 6.07) is 8.96. The number of rotatable bonds is 5. The summed E-state index contributed by atoms with van der Waals surface area (Å²) >= 11 is 0. The van der Waals surface area contributed by atoms with Gasteiger partial charge in [-0.2, -0.15) is 0 Å². The summed E-state index contributed by atoms with van der Waals surface area (Å²) in [5.41, 5.74) is 3.18. The molecule has 0 unspecified atom stereocenters. The molecule has 0 aliphatic heterocycles. The minimum absolute atomic E-state index is 0.282. The number of benzene rings is 1. The summed E-state index contributed by atoms with van der Waals surface area (Å²) in [5.74, 6) is -0.621. The predicted octanol–water partition coefficient (Wildman–Crippen LogP) is 3.31. The fraction of sp³-hybridized carbons (Fsp3) is 0.278. The molecule has 5 nitrogen and oxygen atoms in total. The molecule has 23 heavy (non-hydrogen) atoms. The summed E-state index contributed by atoms with van der Waals surface area (Å²) in [6.45, 7) is 5.74. The van der Waals surface area contributed by atoms with Crippen LogP contribution in [0.15, 0.2) is 42.7 Å². The van der Waals surface area contributed by atoms with E-state index >= 15 is 0 Å². The number of amides is 1. The molecule has 5 heteroatoms. The van der Waals surface area contributed by atoms with E-state index in [0.717, 1.165) is 16.8 Å². The second kappa shape index (κ2) is 7.54. The molecule has 0 atom stereocenters. The van der Waals surface area contributed by atoms with Gasteiger partial charge < -0.3 is 10.1 Å². The summed E-state index contributed by atoms with van der Waals surface area (Å²) in [6.07, 6.45) is 3.00. The molecule has 0 fully saturated rings. The Morgan fingerprint density at radius 1 is 1.17 bits per heavy atom. The number of carbonyl (C=O) groups is 2. The summed E-state index contributed by atoms with van der Waals surface area (Å²) in [7, 11) is 0. The second-order valence-corrected chi connectivity index (χ2v) is 5.55. The lowest BCUT2D eigenvalue weighted by molar-refractivity contribution is -0.119. The van der Waals surface area contributed by atoms with Gasteiger partial charge in [0.05, 0.1) is 5.56 Å². The number of aryl methyl sites for hydroxylation is 1. The highest BCUT2D eigenvalue weighted by atomic mass is 16.5. The quantitative estimate of drug-likeness (QED) is 0.860. The number of esters is 1. The lowest BCUT2D eigenvalue weighted by Gasteiger charge is -2.16. The van der Waals surface area contributed by atoms with E-state index < -0.39 is 5.97 Å². The highest BCUT2D eigenvalue weighted by molar-refractivity contribution is 5.96.